The molecule has 3 saturated heterocycles. The second-order valence-electron chi connectivity index (χ2n) is 8.90. The van der Waals surface area contributed by atoms with Gasteiger partial charge in [0.15, 0.2) is 0 Å². The van der Waals surface area contributed by atoms with E-state index in [0.717, 1.165) is 56.2 Å². The second kappa shape index (κ2) is 7.47. The number of rotatable bonds is 4. The molecule has 6 heteroatoms. The van der Waals surface area contributed by atoms with Gasteiger partial charge in [-0.05, 0) is 62.5 Å². The Morgan fingerprint density at radius 3 is 2.41 bits per heavy atom. The number of sulfonamides is 1. The van der Waals surface area contributed by atoms with Gasteiger partial charge in [0.25, 0.3) is 0 Å². The van der Waals surface area contributed by atoms with Crippen LogP contribution in [0.25, 0.3) is 0 Å². The molecule has 0 aromatic heterocycles. The van der Waals surface area contributed by atoms with Crippen LogP contribution in [0.3, 0.4) is 0 Å². The lowest BCUT2D eigenvalue weighted by molar-refractivity contribution is -0.0519. The molecular formula is C21H32N2O3S. The molecule has 3 heterocycles. The number of aryl methyl sites for hydroxylation is 2. The molecule has 0 bridgehead atoms. The fourth-order valence-corrected chi connectivity index (χ4v) is 6.72. The summed E-state index contributed by atoms with van der Waals surface area (Å²) in [5, 5.41) is 0. The van der Waals surface area contributed by atoms with Crippen molar-refractivity contribution < 1.29 is 13.2 Å². The molecule has 0 amide bonds. The Morgan fingerprint density at radius 2 is 1.78 bits per heavy atom. The van der Waals surface area contributed by atoms with Crippen molar-refractivity contribution in [2.75, 3.05) is 45.9 Å². The maximum absolute atomic E-state index is 13.1. The molecule has 0 N–H and O–H groups in total. The highest BCUT2D eigenvalue weighted by Gasteiger charge is 2.46. The summed E-state index contributed by atoms with van der Waals surface area (Å²) in [4.78, 5) is 3.04. The summed E-state index contributed by atoms with van der Waals surface area (Å²) < 4.78 is 33.3. The summed E-state index contributed by atoms with van der Waals surface area (Å²) in [5.74, 6) is 0.779. The molecule has 3 aliphatic rings. The Kier molecular flexibility index (Phi) is 5.36. The first kappa shape index (κ1) is 19.4. The fourth-order valence-electron chi connectivity index (χ4n) is 5.07. The van der Waals surface area contributed by atoms with Crippen LogP contribution in [0.15, 0.2) is 23.1 Å². The molecule has 0 unspecified atom stereocenters. The predicted molar refractivity (Wildman–Crippen MR) is 106 cm³/mol. The predicted octanol–water partition coefficient (Wildman–Crippen LogP) is 2.82. The summed E-state index contributed by atoms with van der Waals surface area (Å²) in [7, 11) is -3.37. The van der Waals surface area contributed by atoms with E-state index in [1.807, 2.05) is 26.0 Å². The third kappa shape index (κ3) is 3.95. The zero-order chi connectivity index (χ0) is 19.1. The van der Waals surface area contributed by atoms with Crippen molar-refractivity contribution in [3.8, 4) is 0 Å². The molecule has 0 atom stereocenters. The van der Waals surface area contributed by atoms with Crippen molar-refractivity contribution in [2.45, 2.75) is 44.4 Å². The van der Waals surface area contributed by atoms with Gasteiger partial charge >= 0.3 is 0 Å². The Hall–Kier alpha value is -0.950. The van der Waals surface area contributed by atoms with E-state index >= 15 is 0 Å². The first-order valence-electron chi connectivity index (χ1n) is 10.3. The molecule has 0 aliphatic carbocycles. The largest absolute Gasteiger partial charge is 0.381 e. The van der Waals surface area contributed by atoms with Crippen molar-refractivity contribution in [2.24, 2.45) is 11.3 Å². The average Bonchev–Trinajstić information content (AvgIpc) is 2.61. The van der Waals surface area contributed by atoms with E-state index in [4.69, 9.17) is 4.74 Å². The van der Waals surface area contributed by atoms with Gasteiger partial charge in [-0.2, -0.15) is 4.31 Å². The van der Waals surface area contributed by atoms with Gasteiger partial charge < -0.3 is 9.64 Å². The van der Waals surface area contributed by atoms with Crippen LogP contribution in [-0.4, -0.2) is 63.6 Å². The van der Waals surface area contributed by atoms with Gasteiger partial charge in [0.1, 0.15) is 0 Å². The Morgan fingerprint density at radius 1 is 1.11 bits per heavy atom. The Bertz CT molecular complexity index is 771. The molecule has 1 aromatic carbocycles. The van der Waals surface area contributed by atoms with Gasteiger partial charge in [0.2, 0.25) is 10.0 Å². The third-order valence-corrected chi connectivity index (χ3v) is 8.77. The lowest BCUT2D eigenvalue weighted by Gasteiger charge is -2.54. The molecule has 0 radical (unpaired) electrons. The summed E-state index contributed by atoms with van der Waals surface area (Å²) >= 11 is 0. The van der Waals surface area contributed by atoms with Crippen LogP contribution < -0.4 is 0 Å². The quantitative estimate of drug-likeness (QED) is 0.791. The van der Waals surface area contributed by atoms with Crippen LogP contribution >= 0.6 is 0 Å². The summed E-state index contributed by atoms with van der Waals surface area (Å²) in [5.41, 5.74) is 2.30. The second-order valence-corrected chi connectivity index (χ2v) is 10.8. The summed E-state index contributed by atoms with van der Waals surface area (Å²) in [6.07, 6.45) is 4.35. The van der Waals surface area contributed by atoms with E-state index < -0.39 is 10.0 Å². The molecular weight excluding hydrogens is 360 g/mol. The van der Waals surface area contributed by atoms with Crippen molar-refractivity contribution in [1.82, 2.24) is 9.21 Å². The van der Waals surface area contributed by atoms with Crippen molar-refractivity contribution in [3.05, 3.63) is 29.3 Å². The van der Waals surface area contributed by atoms with E-state index in [0.29, 0.717) is 23.4 Å². The van der Waals surface area contributed by atoms with Gasteiger partial charge in [0.05, 0.1) is 4.90 Å². The number of nitrogens with zero attached hydrogens (tertiary/aromatic N) is 2. The number of hydrogen-bond acceptors (Lipinski definition) is 4. The Balaban J connectivity index is 1.33. The molecule has 1 spiro atoms. The lowest BCUT2D eigenvalue weighted by atomic mass is 9.72. The zero-order valence-electron chi connectivity index (χ0n) is 16.6. The van der Waals surface area contributed by atoms with Crippen molar-refractivity contribution in [1.29, 1.82) is 0 Å². The van der Waals surface area contributed by atoms with Crippen LogP contribution in [-0.2, 0) is 14.8 Å². The van der Waals surface area contributed by atoms with Gasteiger partial charge in [-0.15, -0.1) is 0 Å². The van der Waals surface area contributed by atoms with E-state index in [9.17, 15) is 8.42 Å². The maximum atomic E-state index is 13.1. The van der Waals surface area contributed by atoms with Crippen LogP contribution in [0.1, 0.15) is 36.8 Å². The smallest absolute Gasteiger partial charge is 0.243 e. The molecule has 5 nitrogen and oxygen atoms in total. The highest BCUT2D eigenvalue weighted by Crippen LogP contribution is 2.42. The van der Waals surface area contributed by atoms with Gasteiger partial charge in [-0.1, -0.05) is 17.7 Å². The maximum Gasteiger partial charge on any atom is 0.243 e. The van der Waals surface area contributed by atoms with E-state index in [1.54, 1.807) is 10.4 Å². The minimum Gasteiger partial charge on any atom is -0.381 e. The molecule has 0 saturated carbocycles. The minimum atomic E-state index is -3.37. The van der Waals surface area contributed by atoms with Crippen LogP contribution in [0.4, 0.5) is 0 Å². The van der Waals surface area contributed by atoms with E-state index in [2.05, 4.69) is 4.90 Å². The van der Waals surface area contributed by atoms with Crippen LogP contribution in [0.2, 0.25) is 0 Å². The first-order chi connectivity index (χ1) is 12.9. The van der Waals surface area contributed by atoms with Gasteiger partial charge in [-0.3, -0.25) is 0 Å². The fraction of sp³-hybridized carbons (Fsp3) is 0.714. The van der Waals surface area contributed by atoms with Crippen LogP contribution in [0.5, 0.6) is 0 Å². The average molecular weight is 393 g/mol. The van der Waals surface area contributed by atoms with E-state index in [-0.39, 0.29) is 0 Å². The molecule has 3 fully saturated rings. The standard InChI is InChI=1S/C21H32N2O3S/c1-17-3-4-20(18(2)13-17)27(24,25)23-9-7-21(8-10-23)15-22(16-21)14-19-5-11-26-12-6-19/h3-4,13,19H,5-12,14-16H2,1-2H3. The molecule has 3 aliphatic heterocycles. The number of benzene rings is 1. The highest BCUT2D eigenvalue weighted by molar-refractivity contribution is 7.89. The minimum absolute atomic E-state index is 0.347. The number of piperidine rings is 1. The summed E-state index contributed by atoms with van der Waals surface area (Å²) in [6.45, 7) is 10.5. The van der Waals surface area contributed by atoms with E-state index in [1.165, 1.54) is 19.4 Å². The topological polar surface area (TPSA) is 49.9 Å². The lowest BCUT2D eigenvalue weighted by Crippen LogP contribution is -2.61. The number of ether oxygens (including phenoxy) is 1. The summed E-state index contributed by atoms with van der Waals surface area (Å²) in [6, 6.07) is 5.62. The van der Waals surface area contributed by atoms with Crippen molar-refractivity contribution >= 4 is 10.0 Å². The molecule has 1 aromatic rings. The zero-order valence-corrected chi connectivity index (χ0v) is 17.4. The van der Waals surface area contributed by atoms with Crippen molar-refractivity contribution in [3.63, 3.8) is 0 Å². The first-order valence-corrected chi connectivity index (χ1v) is 11.7. The van der Waals surface area contributed by atoms with Gasteiger partial charge in [0, 0.05) is 45.9 Å². The number of hydrogen-bond donors (Lipinski definition) is 0. The molecule has 27 heavy (non-hydrogen) atoms. The SMILES string of the molecule is Cc1ccc(S(=O)(=O)N2CCC3(CC2)CN(CC2CCOCC2)C3)c(C)c1. The Labute approximate surface area is 163 Å². The number of likely N-dealkylation sites (tertiary alicyclic amines) is 1. The third-order valence-electron chi connectivity index (χ3n) is 6.71. The molecule has 4 rings (SSSR count). The monoisotopic (exact) mass is 392 g/mol. The van der Waals surface area contributed by atoms with Gasteiger partial charge in [-0.25, -0.2) is 8.42 Å². The molecule has 150 valence electrons. The van der Waals surface area contributed by atoms with Crippen LogP contribution in [0, 0.1) is 25.2 Å². The highest BCUT2D eigenvalue weighted by atomic mass is 32.2. The normalized spacial score (nSPS) is 24.8.